The van der Waals surface area contributed by atoms with E-state index in [0.29, 0.717) is 4.48 Å². The number of hydrogen-bond donors (Lipinski definition) is 2. The van der Waals surface area contributed by atoms with E-state index in [9.17, 15) is 13.6 Å². The summed E-state index contributed by atoms with van der Waals surface area (Å²) in [4.78, 5) is 10.5. The molecule has 0 aliphatic carbocycles. The van der Waals surface area contributed by atoms with Crippen molar-refractivity contribution in [1.29, 1.82) is 0 Å². The van der Waals surface area contributed by atoms with Gasteiger partial charge in [-0.25, -0.2) is 13.6 Å². The van der Waals surface area contributed by atoms with Crippen LogP contribution >= 0.6 is 15.9 Å². The molecule has 0 aliphatic rings. The smallest absolute Gasteiger partial charge is 0.335 e. The van der Waals surface area contributed by atoms with E-state index in [4.69, 9.17) is 5.11 Å². The Labute approximate surface area is 98.9 Å². The highest BCUT2D eigenvalue weighted by molar-refractivity contribution is 9.11. The number of halogens is 3. The Bertz CT molecular complexity index is 425. The third kappa shape index (κ3) is 3.03. The van der Waals surface area contributed by atoms with Gasteiger partial charge in [0.05, 0.1) is 5.56 Å². The molecule has 0 radical (unpaired) electrons. The number of hydrogen-bond acceptors (Lipinski definition) is 2. The Hall–Kier alpha value is -1.43. The predicted molar refractivity (Wildman–Crippen MR) is 59.9 cm³/mol. The Kier molecular flexibility index (Phi) is 4.00. The SMILES string of the molecule is C=C(Br)CNc1c(F)cc(C(=O)O)cc1F. The van der Waals surface area contributed by atoms with E-state index in [1.165, 1.54) is 0 Å². The standard InChI is InChI=1S/C10H8BrF2NO2/c1-5(11)4-14-9-7(12)2-6(10(15)16)3-8(9)13/h2-3,14H,1,4H2,(H,15,16). The van der Waals surface area contributed by atoms with Crippen LogP contribution in [0.25, 0.3) is 0 Å². The number of anilines is 1. The van der Waals surface area contributed by atoms with Crippen LogP contribution in [0.3, 0.4) is 0 Å². The fourth-order valence-electron chi connectivity index (χ4n) is 1.05. The summed E-state index contributed by atoms with van der Waals surface area (Å²) >= 11 is 3.02. The monoisotopic (exact) mass is 291 g/mol. The topological polar surface area (TPSA) is 49.3 Å². The van der Waals surface area contributed by atoms with Gasteiger partial charge < -0.3 is 10.4 Å². The molecule has 0 fully saturated rings. The first-order chi connectivity index (χ1) is 7.41. The minimum atomic E-state index is -1.38. The Morgan fingerprint density at radius 2 is 1.94 bits per heavy atom. The highest BCUT2D eigenvalue weighted by Crippen LogP contribution is 2.21. The molecule has 1 aromatic rings. The average Bonchev–Trinajstić information content (AvgIpc) is 2.15. The van der Waals surface area contributed by atoms with Gasteiger partial charge in [0, 0.05) is 11.0 Å². The highest BCUT2D eigenvalue weighted by atomic mass is 79.9. The number of rotatable bonds is 4. The molecule has 3 nitrogen and oxygen atoms in total. The largest absolute Gasteiger partial charge is 0.478 e. The fourth-order valence-corrected chi connectivity index (χ4v) is 1.19. The van der Waals surface area contributed by atoms with Gasteiger partial charge in [-0.2, -0.15) is 0 Å². The number of aromatic carboxylic acids is 1. The van der Waals surface area contributed by atoms with Crippen molar-refractivity contribution in [2.45, 2.75) is 0 Å². The lowest BCUT2D eigenvalue weighted by Crippen LogP contribution is -2.07. The molecular weight excluding hydrogens is 284 g/mol. The maximum Gasteiger partial charge on any atom is 0.335 e. The van der Waals surface area contributed by atoms with E-state index in [0.717, 1.165) is 12.1 Å². The first-order valence-corrected chi connectivity index (χ1v) is 5.00. The molecule has 2 N–H and O–H groups in total. The van der Waals surface area contributed by atoms with Crippen molar-refractivity contribution in [3.05, 3.63) is 40.4 Å². The molecule has 0 bridgehead atoms. The zero-order chi connectivity index (χ0) is 12.3. The third-order valence-electron chi connectivity index (χ3n) is 1.75. The van der Waals surface area contributed by atoms with Crippen molar-refractivity contribution in [1.82, 2.24) is 0 Å². The van der Waals surface area contributed by atoms with Crippen LogP contribution in [0, 0.1) is 11.6 Å². The van der Waals surface area contributed by atoms with Gasteiger partial charge in [-0.15, -0.1) is 0 Å². The van der Waals surface area contributed by atoms with Crippen molar-refractivity contribution in [2.24, 2.45) is 0 Å². The van der Waals surface area contributed by atoms with Gasteiger partial charge in [0.1, 0.15) is 17.3 Å². The summed E-state index contributed by atoms with van der Waals surface area (Å²) in [7, 11) is 0. The van der Waals surface area contributed by atoms with Gasteiger partial charge in [0.2, 0.25) is 0 Å². The van der Waals surface area contributed by atoms with Crippen molar-refractivity contribution >= 4 is 27.6 Å². The van der Waals surface area contributed by atoms with E-state index < -0.39 is 23.2 Å². The summed E-state index contributed by atoms with van der Waals surface area (Å²) in [6.45, 7) is 3.63. The quantitative estimate of drug-likeness (QED) is 0.897. The Balaban J connectivity index is 3.03. The lowest BCUT2D eigenvalue weighted by Gasteiger charge is -2.08. The van der Waals surface area contributed by atoms with Crippen LogP contribution in [0.1, 0.15) is 10.4 Å². The Morgan fingerprint density at radius 3 is 2.31 bits per heavy atom. The molecule has 0 unspecified atom stereocenters. The van der Waals surface area contributed by atoms with Crippen LogP contribution in [0.2, 0.25) is 0 Å². The van der Waals surface area contributed by atoms with Gasteiger partial charge in [-0.1, -0.05) is 22.5 Å². The minimum Gasteiger partial charge on any atom is -0.478 e. The van der Waals surface area contributed by atoms with Crippen LogP contribution in [0.15, 0.2) is 23.2 Å². The number of carbonyl (C=O) groups is 1. The summed E-state index contributed by atoms with van der Waals surface area (Å²) in [6.07, 6.45) is 0. The molecule has 0 aromatic heterocycles. The molecule has 0 heterocycles. The molecule has 0 amide bonds. The van der Waals surface area contributed by atoms with E-state index in [1.54, 1.807) is 0 Å². The summed E-state index contributed by atoms with van der Waals surface area (Å²) in [5.41, 5.74) is -0.802. The van der Waals surface area contributed by atoms with Crippen LogP contribution < -0.4 is 5.32 Å². The highest BCUT2D eigenvalue weighted by Gasteiger charge is 2.14. The molecule has 1 rings (SSSR count). The lowest BCUT2D eigenvalue weighted by atomic mass is 10.2. The number of benzene rings is 1. The lowest BCUT2D eigenvalue weighted by molar-refractivity contribution is 0.0696. The van der Waals surface area contributed by atoms with E-state index in [2.05, 4.69) is 27.8 Å². The summed E-state index contributed by atoms with van der Waals surface area (Å²) < 4.78 is 27.1. The van der Waals surface area contributed by atoms with Gasteiger partial charge in [-0.05, 0) is 12.1 Å². The maximum absolute atomic E-state index is 13.3. The van der Waals surface area contributed by atoms with E-state index >= 15 is 0 Å². The number of nitrogens with one attached hydrogen (secondary N) is 1. The van der Waals surface area contributed by atoms with E-state index in [-0.39, 0.29) is 12.2 Å². The molecule has 0 saturated carbocycles. The van der Waals surface area contributed by atoms with Crippen LogP contribution in [0.4, 0.5) is 14.5 Å². The van der Waals surface area contributed by atoms with E-state index in [1.807, 2.05) is 0 Å². The van der Waals surface area contributed by atoms with Crippen molar-refractivity contribution in [2.75, 3.05) is 11.9 Å². The first-order valence-electron chi connectivity index (χ1n) is 4.21. The van der Waals surface area contributed by atoms with Crippen LogP contribution in [-0.2, 0) is 0 Å². The van der Waals surface area contributed by atoms with Gasteiger partial charge in [-0.3, -0.25) is 0 Å². The van der Waals surface area contributed by atoms with Gasteiger partial charge >= 0.3 is 5.97 Å². The number of carboxylic acid groups (broad SMARTS) is 1. The minimum absolute atomic E-state index is 0.139. The third-order valence-corrected chi connectivity index (χ3v) is 2.03. The molecular formula is C10H8BrF2NO2. The first kappa shape index (κ1) is 12.6. The number of carboxylic acids is 1. The van der Waals surface area contributed by atoms with Crippen molar-refractivity contribution in [3.63, 3.8) is 0 Å². The zero-order valence-corrected chi connectivity index (χ0v) is 9.64. The van der Waals surface area contributed by atoms with Crippen LogP contribution in [0.5, 0.6) is 0 Å². The molecule has 6 heteroatoms. The molecule has 0 atom stereocenters. The predicted octanol–water partition coefficient (Wildman–Crippen LogP) is 2.98. The molecule has 86 valence electrons. The zero-order valence-electron chi connectivity index (χ0n) is 8.06. The second-order valence-corrected chi connectivity index (χ2v) is 4.11. The molecule has 16 heavy (non-hydrogen) atoms. The van der Waals surface area contributed by atoms with Gasteiger partial charge in [0.15, 0.2) is 0 Å². The van der Waals surface area contributed by atoms with Gasteiger partial charge in [0.25, 0.3) is 0 Å². The second kappa shape index (κ2) is 5.07. The average molecular weight is 292 g/mol. The molecule has 0 aliphatic heterocycles. The molecule has 1 aromatic carbocycles. The summed E-state index contributed by atoms with van der Waals surface area (Å²) in [6, 6.07) is 1.51. The van der Waals surface area contributed by atoms with Crippen LogP contribution in [-0.4, -0.2) is 17.6 Å². The Morgan fingerprint density at radius 1 is 1.44 bits per heavy atom. The van der Waals surface area contributed by atoms with Crippen molar-refractivity contribution in [3.8, 4) is 0 Å². The van der Waals surface area contributed by atoms with Crippen molar-refractivity contribution < 1.29 is 18.7 Å². The second-order valence-electron chi connectivity index (χ2n) is 2.99. The summed E-state index contributed by atoms with van der Waals surface area (Å²) in [5.74, 6) is -3.29. The normalized spacial score (nSPS) is 9.94. The fraction of sp³-hybridized carbons (Fsp3) is 0.100. The molecule has 0 spiro atoms. The molecule has 0 saturated heterocycles. The maximum atomic E-state index is 13.3. The summed E-state index contributed by atoms with van der Waals surface area (Å²) in [5, 5.41) is 11.0.